The van der Waals surface area contributed by atoms with E-state index in [-0.39, 0.29) is 0 Å². The second kappa shape index (κ2) is 3.71. The van der Waals surface area contributed by atoms with Crippen molar-refractivity contribution in [1.29, 1.82) is 5.26 Å². The summed E-state index contributed by atoms with van der Waals surface area (Å²) in [6, 6.07) is 11.0. The van der Waals surface area contributed by atoms with Crippen LogP contribution in [0.25, 0.3) is 0 Å². The summed E-state index contributed by atoms with van der Waals surface area (Å²) in [6.45, 7) is 0. The molecule has 0 aliphatic rings. The Morgan fingerprint density at radius 1 is 1.36 bits per heavy atom. The molecule has 3 nitrogen and oxygen atoms in total. The molecule has 0 heterocycles. The normalized spacial score (nSPS) is 12.0. The highest BCUT2D eigenvalue weighted by Crippen LogP contribution is 2.08. The van der Waals surface area contributed by atoms with Crippen LogP contribution in [0.2, 0.25) is 0 Å². The monoisotopic (exact) mass is 147 g/mol. The predicted molar refractivity (Wildman–Crippen MR) is 42.1 cm³/mol. The summed E-state index contributed by atoms with van der Waals surface area (Å²) in [7, 11) is 0. The maximum Gasteiger partial charge on any atom is 0.133 e. The van der Waals surface area contributed by atoms with Crippen molar-refractivity contribution in [3.63, 3.8) is 0 Å². The first kappa shape index (κ1) is 7.73. The Balaban J connectivity index is 2.85. The van der Waals surface area contributed by atoms with Crippen LogP contribution >= 0.6 is 0 Å². The molecule has 1 aromatic carbocycles. The molecular weight excluding hydrogens is 138 g/mol. The molecule has 0 saturated heterocycles. The lowest BCUT2D eigenvalue weighted by Crippen LogP contribution is -2.26. The fraction of sp³-hybridized carbons (Fsp3) is 0.125. The molecule has 1 rings (SSSR count). The Bertz CT molecular complexity index is 250. The highest BCUT2D eigenvalue weighted by atomic mass is 15.2. The first-order chi connectivity index (χ1) is 5.38. The van der Waals surface area contributed by atoms with Crippen molar-refractivity contribution in [2.75, 3.05) is 0 Å². The van der Waals surface area contributed by atoms with Crippen LogP contribution in [0.3, 0.4) is 0 Å². The summed E-state index contributed by atoms with van der Waals surface area (Å²) >= 11 is 0. The minimum atomic E-state index is -0.406. The highest BCUT2D eigenvalue weighted by Gasteiger charge is 2.04. The van der Waals surface area contributed by atoms with E-state index in [0.29, 0.717) is 0 Å². The molecule has 0 aliphatic heterocycles. The van der Waals surface area contributed by atoms with Gasteiger partial charge in [0.25, 0.3) is 0 Å². The van der Waals surface area contributed by atoms with E-state index in [1.54, 1.807) is 0 Å². The van der Waals surface area contributed by atoms with Gasteiger partial charge in [0.2, 0.25) is 0 Å². The summed E-state index contributed by atoms with van der Waals surface area (Å²) < 4.78 is 0. The molecule has 3 heteroatoms. The van der Waals surface area contributed by atoms with Crippen molar-refractivity contribution in [2.45, 2.75) is 6.04 Å². The number of nitrogens with one attached hydrogen (secondary N) is 1. The summed E-state index contributed by atoms with van der Waals surface area (Å²) in [5, 5.41) is 8.59. The van der Waals surface area contributed by atoms with Crippen molar-refractivity contribution in [2.24, 2.45) is 5.84 Å². The molecule has 0 saturated carbocycles. The lowest BCUT2D eigenvalue weighted by Gasteiger charge is -2.05. The van der Waals surface area contributed by atoms with E-state index in [0.717, 1.165) is 5.56 Å². The van der Waals surface area contributed by atoms with Crippen LogP contribution in [-0.2, 0) is 0 Å². The zero-order valence-electron chi connectivity index (χ0n) is 5.99. The van der Waals surface area contributed by atoms with E-state index in [1.165, 1.54) is 0 Å². The smallest absolute Gasteiger partial charge is 0.133 e. The number of rotatable bonds is 2. The van der Waals surface area contributed by atoms with E-state index < -0.39 is 6.04 Å². The van der Waals surface area contributed by atoms with Crippen LogP contribution in [0, 0.1) is 11.3 Å². The van der Waals surface area contributed by atoms with Gasteiger partial charge in [-0.05, 0) is 5.56 Å². The molecule has 1 atom stereocenters. The van der Waals surface area contributed by atoms with Crippen LogP contribution < -0.4 is 11.3 Å². The van der Waals surface area contributed by atoms with Gasteiger partial charge in [-0.3, -0.25) is 5.84 Å². The number of nitriles is 1. The Labute approximate surface area is 65.4 Å². The maximum absolute atomic E-state index is 8.59. The standard InChI is InChI=1S/C8H9N3/c9-6-8(11-10)7-4-2-1-3-5-7/h1-5,8,11H,10H2. The van der Waals surface area contributed by atoms with Crippen molar-refractivity contribution in [3.8, 4) is 6.07 Å². The third-order valence-electron chi connectivity index (χ3n) is 1.43. The number of benzene rings is 1. The number of hydrazine groups is 1. The van der Waals surface area contributed by atoms with E-state index >= 15 is 0 Å². The Kier molecular flexibility index (Phi) is 2.61. The SMILES string of the molecule is N#CC(NN)c1ccccc1. The molecule has 0 spiro atoms. The second-order valence-electron chi connectivity index (χ2n) is 2.14. The first-order valence-corrected chi connectivity index (χ1v) is 3.29. The third-order valence-corrected chi connectivity index (χ3v) is 1.43. The minimum absolute atomic E-state index is 0.406. The molecule has 0 amide bonds. The van der Waals surface area contributed by atoms with E-state index in [9.17, 15) is 0 Å². The topological polar surface area (TPSA) is 61.8 Å². The van der Waals surface area contributed by atoms with E-state index in [4.69, 9.17) is 11.1 Å². The molecule has 0 bridgehead atoms. The van der Waals surface area contributed by atoms with Crippen LogP contribution in [0.4, 0.5) is 0 Å². The number of hydrogen-bond acceptors (Lipinski definition) is 3. The van der Waals surface area contributed by atoms with Crippen molar-refractivity contribution in [1.82, 2.24) is 5.43 Å². The fourth-order valence-corrected chi connectivity index (χ4v) is 0.854. The Hall–Kier alpha value is -1.37. The van der Waals surface area contributed by atoms with Gasteiger partial charge in [-0.2, -0.15) is 5.26 Å². The average molecular weight is 147 g/mol. The van der Waals surface area contributed by atoms with Crippen LogP contribution in [0.1, 0.15) is 11.6 Å². The highest BCUT2D eigenvalue weighted by molar-refractivity contribution is 5.23. The van der Waals surface area contributed by atoms with E-state index in [2.05, 4.69) is 5.43 Å². The van der Waals surface area contributed by atoms with Gasteiger partial charge >= 0.3 is 0 Å². The predicted octanol–water partition coefficient (Wildman–Crippen LogP) is 0.715. The molecule has 0 radical (unpaired) electrons. The quantitative estimate of drug-likeness (QED) is 0.478. The van der Waals surface area contributed by atoms with Gasteiger partial charge in [-0.25, -0.2) is 5.43 Å². The molecule has 3 N–H and O–H groups in total. The third kappa shape index (κ3) is 1.77. The first-order valence-electron chi connectivity index (χ1n) is 3.29. The summed E-state index contributed by atoms with van der Waals surface area (Å²) in [4.78, 5) is 0. The van der Waals surface area contributed by atoms with Crippen LogP contribution in [0.5, 0.6) is 0 Å². The zero-order chi connectivity index (χ0) is 8.10. The molecule has 0 aliphatic carbocycles. The average Bonchev–Trinajstić information content (AvgIpc) is 2.09. The minimum Gasteiger partial charge on any atom is -0.270 e. The zero-order valence-corrected chi connectivity index (χ0v) is 5.99. The van der Waals surface area contributed by atoms with Gasteiger partial charge in [0.1, 0.15) is 6.04 Å². The summed E-state index contributed by atoms with van der Waals surface area (Å²) in [5.41, 5.74) is 3.29. The van der Waals surface area contributed by atoms with Crippen LogP contribution in [-0.4, -0.2) is 0 Å². The largest absolute Gasteiger partial charge is 0.270 e. The molecule has 0 aromatic heterocycles. The van der Waals surface area contributed by atoms with Crippen molar-refractivity contribution in [3.05, 3.63) is 35.9 Å². The number of nitrogens with zero attached hydrogens (tertiary/aromatic N) is 1. The molecule has 1 unspecified atom stereocenters. The van der Waals surface area contributed by atoms with Gasteiger partial charge in [-0.15, -0.1) is 0 Å². The van der Waals surface area contributed by atoms with Gasteiger partial charge in [-0.1, -0.05) is 30.3 Å². The van der Waals surface area contributed by atoms with Gasteiger partial charge < -0.3 is 0 Å². The lowest BCUT2D eigenvalue weighted by atomic mass is 10.1. The Morgan fingerprint density at radius 2 is 2.00 bits per heavy atom. The molecule has 0 fully saturated rings. The number of nitrogens with two attached hydrogens (primary N) is 1. The molecule has 1 aromatic rings. The van der Waals surface area contributed by atoms with Gasteiger partial charge in [0, 0.05) is 0 Å². The maximum atomic E-state index is 8.59. The molecule has 56 valence electrons. The van der Waals surface area contributed by atoms with Crippen molar-refractivity contribution < 1.29 is 0 Å². The molecule has 11 heavy (non-hydrogen) atoms. The summed E-state index contributed by atoms with van der Waals surface area (Å²) in [6.07, 6.45) is 0. The number of hydrogen-bond donors (Lipinski definition) is 2. The Morgan fingerprint density at radius 3 is 2.45 bits per heavy atom. The fourth-order valence-electron chi connectivity index (χ4n) is 0.854. The van der Waals surface area contributed by atoms with Gasteiger partial charge in [0.15, 0.2) is 0 Å². The van der Waals surface area contributed by atoms with E-state index in [1.807, 2.05) is 36.4 Å². The second-order valence-corrected chi connectivity index (χ2v) is 2.14. The molecular formula is C8H9N3. The summed E-state index contributed by atoms with van der Waals surface area (Å²) in [5.74, 6) is 5.14. The van der Waals surface area contributed by atoms with Gasteiger partial charge in [0.05, 0.1) is 6.07 Å². The lowest BCUT2D eigenvalue weighted by molar-refractivity contribution is 0.666. The van der Waals surface area contributed by atoms with Crippen LogP contribution in [0.15, 0.2) is 30.3 Å². The van der Waals surface area contributed by atoms with Crippen molar-refractivity contribution >= 4 is 0 Å².